The van der Waals surface area contributed by atoms with Crippen molar-refractivity contribution >= 4 is 34.7 Å². The fraction of sp³-hybridized carbons (Fsp3) is 0.0588. The topological polar surface area (TPSA) is 57.6 Å². The summed E-state index contributed by atoms with van der Waals surface area (Å²) in [5, 5.41) is 10.4. The number of aliphatic hydroxyl groups is 1. The second-order valence-electron chi connectivity index (χ2n) is 5.11. The van der Waals surface area contributed by atoms with Gasteiger partial charge in [-0.1, -0.05) is 29.8 Å². The van der Waals surface area contributed by atoms with Gasteiger partial charge in [0.15, 0.2) is 5.76 Å². The molecule has 116 valence electrons. The van der Waals surface area contributed by atoms with E-state index in [4.69, 9.17) is 11.6 Å². The second-order valence-corrected chi connectivity index (χ2v) is 5.52. The number of aryl methyl sites for hydroxylation is 1. The molecule has 0 aliphatic carbocycles. The zero-order valence-electron chi connectivity index (χ0n) is 12.0. The second kappa shape index (κ2) is 5.52. The number of carbonyl (C=O) groups excluding carboxylic acids is 2. The van der Waals surface area contributed by atoms with E-state index < -0.39 is 23.4 Å². The Bertz CT molecular complexity index is 859. The third-order valence-electron chi connectivity index (χ3n) is 3.61. The van der Waals surface area contributed by atoms with Crippen molar-refractivity contribution in [3.63, 3.8) is 0 Å². The van der Waals surface area contributed by atoms with Crippen LogP contribution in [-0.2, 0) is 9.59 Å². The number of amides is 2. The molecule has 0 saturated heterocycles. The molecule has 0 bridgehead atoms. The molecule has 1 aliphatic heterocycles. The Labute approximate surface area is 136 Å². The van der Waals surface area contributed by atoms with Gasteiger partial charge in [-0.2, -0.15) is 0 Å². The number of halogens is 2. The number of nitrogens with zero attached hydrogens (tertiary/aromatic N) is 1. The third kappa shape index (κ3) is 2.49. The molecule has 3 rings (SSSR count). The van der Waals surface area contributed by atoms with Crippen molar-refractivity contribution in [1.29, 1.82) is 0 Å². The van der Waals surface area contributed by atoms with Crippen molar-refractivity contribution in [2.75, 3.05) is 4.90 Å². The number of benzene rings is 2. The van der Waals surface area contributed by atoms with Crippen LogP contribution in [0.25, 0.3) is 5.57 Å². The van der Waals surface area contributed by atoms with Gasteiger partial charge in [-0.3, -0.25) is 9.59 Å². The lowest BCUT2D eigenvalue weighted by Gasteiger charge is -2.15. The van der Waals surface area contributed by atoms with Crippen LogP contribution in [0.15, 0.2) is 48.2 Å². The van der Waals surface area contributed by atoms with Crippen molar-refractivity contribution in [2.45, 2.75) is 6.92 Å². The average Bonchev–Trinajstić information content (AvgIpc) is 2.74. The highest BCUT2D eigenvalue weighted by Crippen LogP contribution is 2.33. The number of anilines is 1. The van der Waals surface area contributed by atoms with E-state index in [2.05, 4.69) is 0 Å². The van der Waals surface area contributed by atoms with E-state index in [0.717, 1.165) is 22.6 Å². The SMILES string of the molecule is Cc1ccc(N2C(=O)C(O)=C(c3ccc(F)cc3)C2=O)cc1Cl. The Kier molecular flexibility index (Phi) is 3.66. The van der Waals surface area contributed by atoms with Crippen molar-refractivity contribution in [2.24, 2.45) is 0 Å². The Hall–Kier alpha value is -2.66. The van der Waals surface area contributed by atoms with E-state index in [1.165, 1.54) is 18.2 Å². The molecule has 23 heavy (non-hydrogen) atoms. The van der Waals surface area contributed by atoms with Crippen molar-refractivity contribution in [1.82, 2.24) is 0 Å². The maximum absolute atomic E-state index is 13.0. The Morgan fingerprint density at radius 1 is 1.04 bits per heavy atom. The molecule has 1 heterocycles. The molecule has 4 nitrogen and oxygen atoms in total. The molecule has 0 aromatic heterocycles. The highest BCUT2D eigenvalue weighted by molar-refractivity contribution is 6.45. The normalized spacial score (nSPS) is 14.8. The highest BCUT2D eigenvalue weighted by atomic mass is 35.5. The molecular formula is C17H11ClFNO3. The summed E-state index contributed by atoms with van der Waals surface area (Å²) in [4.78, 5) is 25.6. The summed E-state index contributed by atoms with van der Waals surface area (Å²) in [7, 11) is 0. The standard InChI is InChI=1S/C17H11ClFNO3/c1-9-2-7-12(8-13(9)18)20-16(22)14(15(21)17(20)23)10-3-5-11(19)6-4-10/h2-8,21H,1H3. The average molecular weight is 332 g/mol. The van der Waals surface area contributed by atoms with Crippen LogP contribution in [0.4, 0.5) is 10.1 Å². The Morgan fingerprint density at radius 3 is 2.30 bits per heavy atom. The molecule has 1 aliphatic rings. The van der Waals surface area contributed by atoms with Gasteiger partial charge >= 0.3 is 5.91 Å². The Balaban J connectivity index is 2.05. The molecular weight excluding hydrogens is 321 g/mol. The number of hydrogen-bond donors (Lipinski definition) is 1. The number of imide groups is 1. The van der Waals surface area contributed by atoms with Crippen LogP contribution in [0.3, 0.4) is 0 Å². The molecule has 2 aromatic carbocycles. The fourth-order valence-corrected chi connectivity index (χ4v) is 2.53. The van der Waals surface area contributed by atoms with Gasteiger partial charge in [0.1, 0.15) is 5.82 Å². The molecule has 0 saturated carbocycles. The summed E-state index contributed by atoms with van der Waals surface area (Å²) in [5.41, 5.74) is 1.17. The van der Waals surface area contributed by atoms with E-state index in [1.807, 2.05) is 0 Å². The molecule has 0 radical (unpaired) electrons. The van der Waals surface area contributed by atoms with Gasteiger partial charge in [-0.05, 0) is 42.3 Å². The van der Waals surface area contributed by atoms with Gasteiger partial charge in [0.25, 0.3) is 5.91 Å². The van der Waals surface area contributed by atoms with E-state index >= 15 is 0 Å². The van der Waals surface area contributed by atoms with Gasteiger partial charge in [0.2, 0.25) is 0 Å². The summed E-state index contributed by atoms with van der Waals surface area (Å²) in [6.07, 6.45) is 0. The molecule has 0 unspecified atom stereocenters. The number of aliphatic hydroxyl groups excluding tert-OH is 1. The lowest BCUT2D eigenvalue weighted by Crippen LogP contribution is -2.31. The van der Waals surface area contributed by atoms with E-state index in [0.29, 0.717) is 5.02 Å². The number of hydrogen-bond acceptors (Lipinski definition) is 3. The smallest absolute Gasteiger partial charge is 0.301 e. The molecule has 1 N–H and O–H groups in total. The molecule has 0 spiro atoms. The first kappa shape index (κ1) is 15.2. The quantitative estimate of drug-likeness (QED) is 0.855. The lowest BCUT2D eigenvalue weighted by atomic mass is 10.1. The maximum atomic E-state index is 13.0. The molecule has 2 amide bonds. The van der Waals surface area contributed by atoms with Crippen molar-refractivity contribution in [3.8, 4) is 0 Å². The molecule has 0 atom stereocenters. The first-order valence-electron chi connectivity index (χ1n) is 6.74. The fourth-order valence-electron chi connectivity index (χ4n) is 2.35. The largest absolute Gasteiger partial charge is 0.502 e. The van der Waals surface area contributed by atoms with Gasteiger partial charge in [0.05, 0.1) is 11.3 Å². The van der Waals surface area contributed by atoms with E-state index in [1.54, 1.807) is 19.1 Å². The highest BCUT2D eigenvalue weighted by Gasteiger charge is 2.40. The minimum Gasteiger partial charge on any atom is -0.502 e. The minimum atomic E-state index is -0.839. The minimum absolute atomic E-state index is 0.160. The van der Waals surface area contributed by atoms with Gasteiger partial charge < -0.3 is 5.11 Å². The van der Waals surface area contributed by atoms with Crippen molar-refractivity contribution in [3.05, 3.63) is 70.2 Å². The van der Waals surface area contributed by atoms with Crippen LogP contribution in [-0.4, -0.2) is 16.9 Å². The first-order valence-corrected chi connectivity index (χ1v) is 7.12. The predicted molar refractivity (Wildman–Crippen MR) is 84.6 cm³/mol. The van der Waals surface area contributed by atoms with Gasteiger partial charge in [-0.15, -0.1) is 0 Å². The lowest BCUT2D eigenvalue weighted by molar-refractivity contribution is -0.121. The molecule has 6 heteroatoms. The summed E-state index contributed by atoms with van der Waals surface area (Å²) in [5.74, 6) is -2.67. The third-order valence-corrected chi connectivity index (χ3v) is 4.01. The van der Waals surface area contributed by atoms with Crippen LogP contribution in [0, 0.1) is 12.7 Å². The predicted octanol–water partition coefficient (Wildman–Crippen LogP) is 3.63. The summed E-state index contributed by atoms with van der Waals surface area (Å²) in [6, 6.07) is 9.68. The maximum Gasteiger partial charge on any atom is 0.301 e. The van der Waals surface area contributed by atoms with Crippen LogP contribution >= 0.6 is 11.6 Å². The van der Waals surface area contributed by atoms with Gasteiger partial charge in [-0.25, -0.2) is 9.29 Å². The zero-order valence-corrected chi connectivity index (χ0v) is 12.8. The van der Waals surface area contributed by atoms with E-state index in [9.17, 15) is 19.1 Å². The number of carbonyl (C=O) groups is 2. The zero-order chi connectivity index (χ0) is 16.7. The monoisotopic (exact) mass is 331 g/mol. The summed E-state index contributed by atoms with van der Waals surface area (Å²) < 4.78 is 13.0. The van der Waals surface area contributed by atoms with Crippen LogP contribution in [0.1, 0.15) is 11.1 Å². The van der Waals surface area contributed by atoms with Crippen LogP contribution in [0.2, 0.25) is 5.02 Å². The van der Waals surface area contributed by atoms with Gasteiger partial charge in [0, 0.05) is 5.02 Å². The van der Waals surface area contributed by atoms with Crippen LogP contribution in [0.5, 0.6) is 0 Å². The first-order chi connectivity index (χ1) is 10.9. The van der Waals surface area contributed by atoms with Crippen molar-refractivity contribution < 1.29 is 19.1 Å². The van der Waals surface area contributed by atoms with Crippen LogP contribution < -0.4 is 4.90 Å². The molecule has 2 aromatic rings. The summed E-state index contributed by atoms with van der Waals surface area (Å²) >= 11 is 6.03. The summed E-state index contributed by atoms with van der Waals surface area (Å²) in [6.45, 7) is 1.79. The number of rotatable bonds is 2. The van der Waals surface area contributed by atoms with E-state index in [-0.39, 0.29) is 16.8 Å². The molecule has 0 fully saturated rings. The Morgan fingerprint density at radius 2 is 1.70 bits per heavy atom.